The fourth-order valence-electron chi connectivity index (χ4n) is 3.68. The van der Waals surface area contributed by atoms with Gasteiger partial charge in [-0.2, -0.15) is 0 Å². The van der Waals surface area contributed by atoms with E-state index in [-0.39, 0.29) is 17.4 Å². The largest absolute Gasteiger partial charge is 0.497 e. The topological polar surface area (TPSA) is 99.2 Å². The van der Waals surface area contributed by atoms with Crippen molar-refractivity contribution in [1.29, 1.82) is 0 Å². The van der Waals surface area contributed by atoms with Crippen LogP contribution >= 0.6 is 0 Å². The van der Waals surface area contributed by atoms with Crippen LogP contribution in [0.1, 0.15) is 30.1 Å². The summed E-state index contributed by atoms with van der Waals surface area (Å²) in [5.74, 6) is -2.04. The van der Waals surface area contributed by atoms with Gasteiger partial charge in [0.15, 0.2) is 6.61 Å². The van der Waals surface area contributed by atoms with Gasteiger partial charge in [-0.1, -0.05) is 12.2 Å². The van der Waals surface area contributed by atoms with Crippen LogP contribution in [-0.2, 0) is 19.1 Å². The lowest BCUT2D eigenvalue weighted by atomic mass is 9.85. The minimum absolute atomic E-state index is 0.235. The van der Waals surface area contributed by atoms with Crippen molar-refractivity contribution in [2.45, 2.75) is 25.8 Å². The Kier molecular flexibility index (Phi) is 6.00. The van der Waals surface area contributed by atoms with E-state index in [1.54, 1.807) is 12.1 Å². The number of imide groups is 1. The zero-order valence-electron chi connectivity index (χ0n) is 16.5. The third-order valence-corrected chi connectivity index (χ3v) is 5.32. The third-order valence-electron chi connectivity index (χ3n) is 5.32. The molecule has 1 aliphatic heterocycles. The van der Waals surface area contributed by atoms with Crippen molar-refractivity contribution in [1.82, 2.24) is 4.90 Å². The molecular formula is C21H23NO7. The molecule has 0 bridgehead atoms. The first-order valence-corrected chi connectivity index (χ1v) is 9.32. The maximum absolute atomic E-state index is 12.6. The summed E-state index contributed by atoms with van der Waals surface area (Å²) in [7, 11) is 2.91. The molecule has 8 nitrogen and oxygen atoms in total. The van der Waals surface area contributed by atoms with Gasteiger partial charge in [-0.15, -0.1) is 0 Å². The number of Topliss-reactive ketones (excluding diaryl/α,β-unsaturated/α-hetero) is 1. The van der Waals surface area contributed by atoms with Crippen LogP contribution in [0.4, 0.5) is 0 Å². The highest BCUT2D eigenvalue weighted by Gasteiger charge is 2.50. The van der Waals surface area contributed by atoms with Gasteiger partial charge in [0.25, 0.3) is 0 Å². The fraction of sp³-hybridized carbons (Fsp3) is 0.429. The molecule has 0 radical (unpaired) electrons. The van der Waals surface area contributed by atoms with Crippen molar-refractivity contribution in [2.24, 2.45) is 11.8 Å². The molecule has 0 aromatic heterocycles. The van der Waals surface area contributed by atoms with Crippen LogP contribution in [0.5, 0.6) is 11.5 Å². The molecule has 1 aromatic carbocycles. The van der Waals surface area contributed by atoms with Crippen molar-refractivity contribution in [3.8, 4) is 11.5 Å². The molecule has 2 aliphatic rings. The average molecular weight is 401 g/mol. The van der Waals surface area contributed by atoms with Crippen LogP contribution in [0.3, 0.4) is 0 Å². The third kappa shape index (κ3) is 3.87. The summed E-state index contributed by atoms with van der Waals surface area (Å²) in [6.45, 7) is 0.901. The van der Waals surface area contributed by atoms with Crippen molar-refractivity contribution in [3.63, 3.8) is 0 Å². The lowest BCUT2D eigenvalue weighted by molar-refractivity contribution is -0.157. The van der Waals surface area contributed by atoms with E-state index in [0.717, 1.165) is 4.90 Å². The molecule has 3 atom stereocenters. The standard InChI is InChI=1S/C21H23NO7/c1-12(22-19(24)14-6-4-5-7-15(14)20(22)25)21(26)29-11-17(23)16-9-8-13(27-2)10-18(16)28-3/h4-5,8-10,12,14-15H,6-7,11H2,1-3H3/t12-,14-,15+/m0/s1. The quantitative estimate of drug-likeness (QED) is 0.297. The number of fused-ring (bicyclic) bond motifs is 1. The summed E-state index contributed by atoms with van der Waals surface area (Å²) in [6, 6.07) is 3.57. The van der Waals surface area contributed by atoms with E-state index in [2.05, 4.69) is 0 Å². The Morgan fingerprint density at radius 1 is 1.07 bits per heavy atom. The zero-order valence-corrected chi connectivity index (χ0v) is 16.5. The number of carbonyl (C=O) groups is 4. The molecule has 1 aliphatic carbocycles. The summed E-state index contributed by atoms with van der Waals surface area (Å²) in [5.41, 5.74) is 0.235. The summed E-state index contributed by atoms with van der Waals surface area (Å²) in [5, 5.41) is 0. The number of hydrogen-bond donors (Lipinski definition) is 0. The molecule has 0 N–H and O–H groups in total. The Morgan fingerprint density at radius 3 is 2.24 bits per heavy atom. The number of likely N-dealkylation sites (tertiary alicyclic amines) is 1. The molecule has 1 heterocycles. The predicted octanol–water partition coefficient (Wildman–Crippen LogP) is 1.77. The maximum Gasteiger partial charge on any atom is 0.329 e. The monoisotopic (exact) mass is 401 g/mol. The molecule has 1 saturated heterocycles. The second kappa shape index (κ2) is 8.46. The van der Waals surface area contributed by atoms with Gasteiger partial charge < -0.3 is 14.2 Å². The van der Waals surface area contributed by atoms with E-state index in [9.17, 15) is 19.2 Å². The molecule has 1 aromatic rings. The number of ketones is 1. The Labute approximate surface area is 168 Å². The smallest absolute Gasteiger partial charge is 0.329 e. The molecule has 0 spiro atoms. The van der Waals surface area contributed by atoms with Crippen molar-refractivity contribution in [2.75, 3.05) is 20.8 Å². The Bertz CT molecular complexity index is 850. The van der Waals surface area contributed by atoms with Crippen LogP contribution in [0.25, 0.3) is 0 Å². The van der Waals surface area contributed by atoms with Crippen LogP contribution in [0.2, 0.25) is 0 Å². The van der Waals surface area contributed by atoms with Crippen LogP contribution in [-0.4, -0.2) is 55.3 Å². The molecule has 0 saturated carbocycles. The minimum Gasteiger partial charge on any atom is -0.497 e. The minimum atomic E-state index is -1.09. The number of carbonyl (C=O) groups excluding carboxylic acids is 4. The van der Waals surface area contributed by atoms with Crippen molar-refractivity contribution >= 4 is 23.6 Å². The first-order chi connectivity index (χ1) is 13.9. The second-order valence-electron chi connectivity index (χ2n) is 6.98. The van der Waals surface area contributed by atoms with E-state index < -0.39 is 36.2 Å². The number of allylic oxidation sites excluding steroid dienone is 2. The fourth-order valence-corrected chi connectivity index (χ4v) is 3.68. The molecule has 2 amide bonds. The highest BCUT2D eigenvalue weighted by atomic mass is 16.5. The lowest BCUT2D eigenvalue weighted by Gasteiger charge is -2.21. The average Bonchev–Trinajstić information content (AvgIpc) is 3.01. The SMILES string of the molecule is COc1ccc(C(=O)COC(=O)[C@H](C)N2C(=O)[C@H]3CC=CC[C@H]3C2=O)c(OC)c1. The maximum atomic E-state index is 12.6. The van der Waals surface area contributed by atoms with Crippen LogP contribution < -0.4 is 9.47 Å². The van der Waals surface area contributed by atoms with Gasteiger partial charge in [0.1, 0.15) is 17.5 Å². The van der Waals surface area contributed by atoms with E-state index in [1.807, 2.05) is 12.2 Å². The number of methoxy groups -OCH3 is 2. The molecule has 8 heteroatoms. The summed E-state index contributed by atoms with van der Waals surface area (Å²) >= 11 is 0. The molecule has 1 fully saturated rings. The normalized spacial score (nSPS) is 21.6. The van der Waals surface area contributed by atoms with Crippen molar-refractivity contribution < 1.29 is 33.4 Å². The number of rotatable bonds is 7. The molecule has 154 valence electrons. The van der Waals surface area contributed by atoms with Gasteiger partial charge in [0.2, 0.25) is 17.6 Å². The van der Waals surface area contributed by atoms with Gasteiger partial charge in [-0.25, -0.2) is 4.79 Å². The number of ether oxygens (including phenoxy) is 3. The first kappa shape index (κ1) is 20.6. The number of esters is 1. The van der Waals surface area contributed by atoms with E-state index in [0.29, 0.717) is 24.3 Å². The number of hydrogen-bond acceptors (Lipinski definition) is 7. The number of nitrogens with zero attached hydrogens (tertiary/aromatic N) is 1. The first-order valence-electron chi connectivity index (χ1n) is 9.32. The summed E-state index contributed by atoms with van der Waals surface area (Å²) < 4.78 is 15.4. The lowest BCUT2D eigenvalue weighted by Crippen LogP contribution is -2.44. The Morgan fingerprint density at radius 2 is 1.69 bits per heavy atom. The van der Waals surface area contributed by atoms with Crippen molar-refractivity contribution in [3.05, 3.63) is 35.9 Å². The van der Waals surface area contributed by atoms with Gasteiger partial charge in [0, 0.05) is 6.07 Å². The van der Waals surface area contributed by atoms with Gasteiger partial charge in [-0.05, 0) is 31.9 Å². The number of benzene rings is 1. The van der Waals surface area contributed by atoms with E-state index in [4.69, 9.17) is 14.2 Å². The predicted molar refractivity (Wildman–Crippen MR) is 102 cm³/mol. The van der Waals surface area contributed by atoms with Gasteiger partial charge in [-0.3, -0.25) is 19.3 Å². The molecular weight excluding hydrogens is 378 g/mol. The van der Waals surface area contributed by atoms with E-state index >= 15 is 0 Å². The van der Waals surface area contributed by atoms with E-state index in [1.165, 1.54) is 27.2 Å². The second-order valence-corrected chi connectivity index (χ2v) is 6.98. The zero-order chi connectivity index (χ0) is 21.1. The summed E-state index contributed by atoms with van der Waals surface area (Å²) in [4.78, 5) is 51.0. The van der Waals surface area contributed by atoms with Crippen LogP contribution in [0, 0.1) is 11.8 Å². The molecule has 0 unspecified atom stereocenters. The molecule has 29 heavy (non-hydrogen) atoms. The van der Waals surface area contributed by atoms with Gasteiger partial charge in [0.05, 0.1) is 31.6 Å². The number of amides is 2. The highest BCUT2D eigenvalue weighted by Crippen LogP contribution is 2.36. The molecule has 3 rings (SSSR count). The summed E-state index contributed by atoms with van der Waals surface area (Å²) in [6.07, 6.45) is 4.73. The van der Waals surface area contributed by atoms with Gasteiger partial charge >= 0.3 is 5.97 Å². The van der Waals surface area contributed by atoms with Crippen LogP contribution in [0.15, 0.2) is 30.4 Å². The Balaban J connectivity index is 1.64. The highest BCUT2D eigenvalue weighted by molar-refractivity contribution is 6.08. The Hall–Kier alpha value is -3.16.